The molecule has 17 heavy (non-hydrogen) atoms. The number of amides is 1. The van der Waals surface area contributed by atoms with Crippen molar-refractivity contribution < 1.29 is 9.53 Å². The second-order valence-electron chi connectivity index (χ2n) is 6.06. The maximum atomic E-state index is 11.9. The minimum atomic E-state index is -0.107. The highest BCUT2D eigenvalue weighted by Gasteiger charge is 2.30. The molecule has 100 valence electrons. The van der Waals surface area contributed by atoms with Crippen molar-refractivity contribution in [1.29, 1.82) is 0 Å². The van der Waals surface area contributed by atoms with Crippen LogP contribution in [-0.4, -0.2) is 31.2 Å². The van der Waals surface area contributed by atoms with Crippen molar-refractivity contribution in [3.05, 3.63) is 0 Å². The number of ether oxygens (including phenoxy) is 1. The molecule has 4 nitrogen and oxygen atoms in total. The topological polar surface area (TPSA) is 64.3 Å². The molecule has 1 saturated carbocycles. The van der Waals surface area contributed by atoms with Crippen molar-refractivity contribution in [3.8, 4) is 0 Å². The lowest BCUT2D eigenvalue weighted by Gasteiger charge is -2.27. The van der Waals surface area contributed by atoms with Crippen molar-refractivity contribution in [2.75, 3.05) is 7.11 Å². The molecule has 0 aromatic heterocycles. The Morgan fingerprint density at radius 2 is 2.12 bits per heavy atom. The van der Waals surface area contributed by atoms with Gasteiger partial charge >= 0.3 is 0 Å². The van der Waals surface area contributed by atoms with Gasteiger partial charge in [-0.2, -0.15) is 0 Å². The second kappa shape index (κ2) is 5.83. The van der Waals surface area contributed by atoms with E-state index in [9.17, 15) is 4.79 Å². The molecule has 3 unspecified atom stereocenters. The fourth-order valence-electron chi connectivity index (χ4n) is 2.14. The standard InChI is InChI=1S/C13H26N2O2/c1-13(2,3)11(14)8-12(16)15-9-6-5-7-10(9)17-4/h9-11H,5-8,14H2,1-4H3,(H,15,16). The number of methoxy groups -OCH3 is 1. The minimum absolute atomic E-state index is 0.0341. The third-order valence-electron chi connectivity index (χ3n) is 3.62. The van der Waals surface area contributed by atoms with Crippen LogP contribution in [0, 0.1) is 5.41 Å². The largest absolute Gasteiger partial charge is 0.379 e. The SMILES string of the molecule is COC1CCCC1NC(=O)CC(N)C(C)(C)C. The van der Waals surface area contributed by atoms with E-state index in [0.29, 0.717) is 6.42 Å². The summed E-state index contributed by atoms with van der Waals surface area (Å²) in [4.78, 5) is 11.9. The number of nitrogens with two attached hydrogens (primary N) is 1. The summed E-state index contributed by atoms with van der Waals surface area (Å²) in [6.07, 6.45) is 3.72. The lowest BCUT2D eigenvalue weighted by molar-refractivity contribution is -0.123. The van der Waals surface area contributed by atoms with Crippen molar-refractivity contribution in [2.24, 2.45) is 11.1 Å². The van der Waals surface area contributed by atoms with E-state index in [2.05, 4.69) is 26.1 Å². The molecule has 1 aliphatic carbocycles. The molecule has 1 aliphatic rings. The van der Waals surface area contributed by atoms with Crippen LogP contribution in [0.1, 0.15) is 46.5 Å². The smallest absolute Gasteiger partial charge is 0.221 e. The number of hydrogen-bond acceptors (Lipinski definition) is 3. The van der Waals surface area contributed by atoms with Gasteiger partial charge in [0, 0.05) is 19.6 Å². The number of hydrogen-bond donors (Lipinski definition) is 2. The van der Waals surface area contributed by atoms with E-state index in [0.717, 1.165) is 19.3 Å². The Bertz CT molecular complexity index is 261. The van der Waals surface area contributed by atoms with Gasteiger partial charge in [0.15, 0.2) is 0 Å². The van der Waals surface area contributed by atoms with E-state index in [1.165, 1.54) is 0 Å². The molecule has 4 heteroatoms. The fourth-order valence-corrected chi connectivity index (χ4v) is 2.14. The third-order valence-corrected chi connectivity index (χ3v) is 3.62. The highest BCUT2D eigenvalue weighted by molar-refractivity contribution is 5.77. The molecule has 3 atom stereocenters. The van der Waals surface area contributed by atoms with E-state index in [1.807, 2.05) is 0 Å². The Morgan fingerprint density at radius 1 is 1.47 bits per heavy atom. The van der Waals surface area contributed by atoms with Gasteiger partial charge in [-0.3, -0.25) is 4.79 Å². The van der Waals surface area contributed by atoms with Gasteiger partial charge in [0.05, 0.1) is 12.1 Å². The van der Waals surface area contributed by atoms with E-state index >= 15 is 0 Å². The Hall–Kier alpha value is -0.610. The van der Waals surface area contributed by atoms with Crippen LogP contribution < -0.4 is 11.1 Å². The summed E-state index contributed by atoms with van der Waals surface area (Å²) < 4.78 is 5.35. The quantitative estimate of drug-likeness (QED) is 0.784. The van der Waals surface area contributed by atoms with Gasteiger partial charge in [0.1, 0.15) is 0 Å². The van der Waals surface area contributed by atoms with Crippen LogP contribution in [-0.2, 0) is 9.53 Å². The highest BCUT2D eigenvalue weighted by Crippen LogP contribution is 2.23. The summed E-state index contributed by atoms with van der Waals surface area (Å²) in [5.41, 5.74) is 5.97. The van der Waals surface area contributed by atoms with Crippen LogP contribution in [0.15, 0.2) is 0 Å². The molecule has 1 rings (SSSR count). The molecule has 1 fully saturated rings. The highest BCUT2D eigenvalue weighted by atomic mass is 16.5. The first kappa shape index (κ1) is 14.5. The third kappa shape index (κ3) is 4.28. The van der Waals surface area contributed by atoms with E-state index in [1.54, 1.807) is 7.11 Å². The first-order valence-corrected chi connectivity index (χ1v) is 6.42. The average Bonchev–Trinajstić information content (AvgIpc) is 2.63. The average molecular weight is 242 g/mol. The first-order chi connectivity index (χ1) is 7.84. The van der Waals surface area contributed by atoms with E-state index in [-0.39, 0.29) is 29.5 Å². The van der Waals surface area contributed by atoms with Gasteiger partial charge in [-0.05, 0) is 24.7 Å². The molecule has 0 radical (unpaired) electrons. The summed E-state index contributed by atoms with van der Waals surface area (Å²) in [5, 5.41) is 3.04. The lowest BCUT2D eigenvalue weighted by atomic mass is 9.85. The van der Waals surface area contributed by atoms with Crippen LogP contribution >= 0.6 is 0 Å². The van der Waals surface area contributed by atoms with Crippen LogP contribution in [0.2, 0.25) is 0 Å². The normalized spacial score (nSPS) is 26.9. The second-order valence-corrected chi connectivity index (χ2v) is 6.06. The zero-order valence-electron chi connectivity index (χ0n) is 11.5. The van der Waals surface area contributed by atoms with Gasteiger partial charge in [0.2, 0.25) is 5.91 Å². The summed E-state index contributed by atoms with van der Waals surface area (Å²) in [5.74, 6) is 0.0429. The first-order valence-electron chi connectivity index (χ1n) is 6.42. The molecule has 1 amide bonds. The molecule has 0 spiro atoms. The van der Waals surface area contributed by atoms with Crippen molar-refractivity contribution in [3.63, 3.8) is 0 Å². The van der Waals surface area contributed by atoms with Gasteiger partial charge in [-0.25, -0.2) is 0 Å². The van der Waals surface area contributed by atoms with Gasteiger partial charge in [-0.1, -0.05) is 20.8 Å². The summed E-state index contributed by atoms with van der Waals surface area (Å²) in [6.45, 7) is 6.16. The Labute approximate surface area is 104 Å². The molecule has 3 N–H and O–H groups in total. The summed E-state index contributed by atoms with van der Waals surface area (Å²) in [7, 11) is 1.70. The van der Waals surface area contributed by atoms with Crippen LogP contribution in [0.4, 0.5) is 0 Å². The molecule has 0 saturated heterocycles. The number of carbonyl (C=O) groups excluding carboxylic acids is 1. The van der Waals surface area contributed by atoms with Crippen LogP contribution in [0.5, 0.6) is 0 Å². The molecular formula is C13H26N2O2. The number of nitrogens with one attached hydrogen (secondary N) is 1. The zero-order valence-corrected chi connectivity index (χ0v) is 11.5. The fraction of sp³-hybridized carbons (Fsp3) is 0.923. The van der Waals surface area contributed by atoms with Crippen LogP contribution in [0.25, 0.3) is 0 Å². The molecule has 0 aromatic carbocycles. The predicted molar refractivity (Wildman–Crippen MR) is 68.6 cm³/mol. The Kier molecular flexibility index (Phi) is 4.95. The van der Waals surface area contributed by atoms with Crippen molar-refractivity contribution in [1.82, 2.24) is 5.32 Å². The zero-order chi connectivity index (χ0) is 13.1. The number of carbonyl (C=O) groups is 1. The van der Waals surface area contributed by atoms with Gasteiger partial charge in [-0.15, -0.1) is 0 Å². The molecule has 0 bridgehead atoms. The summed E-state index contributed by atoms with van der Waals surface area (Å²) in [6, 6.07) is 0.0598. The number of rotatable bonds is 4. The monoisotopic (exact) mass is 242 g/mol. The summed E-state index contributed by atoms with van der Waals surface area (Å²) >= 11 is 0. The predicted octanol–water partition coefficient (Wildman–Crippen LogP) is 1.43. The maximum absolute atomic E-state index is 11.9. The lowest BCUT2D eigenvalue weighted by Crippen LogP contribution is -2.45. The van der Waals surface area contributed by atoms with Crippen molar-refractivity contribution in [2.45, 2.75) is 64.6 Å². The van der Waals surface area contributed by atoms with E-state index in [4.69, 9.17) is 10.5 Å². The minimum Gasteiger partial charge on any atom is -0.379 e. The molecule has 0 aliphatic heterocycles. The molecule has 0 aromatic rings. The molecular weight excluding hydrogens is 216 g/mol. The molecule has 0 heterocycles. The van der Waals surface area contributed by atoms with E-state index < -0.39 is 0 Å². The van der Waals surface area contributed by atoms with Crippen LogP contribution in [0.3, 0.4) is 0 Å². The Morgan fingerprint density at radius 3 is 2.65 bits per heavy atom. The Balaban J connectivity index is 2.39. The van der Waals surface area contributed by atoms with Crippen molar-refractivity contribution >= 4 is 5.91 Å². The van der Waals surface area contributed by atoms with Gasteiger partial charge in [0.25, 0.3) is 0 Å². The maximum Gasteiger partial charge on any atom is 0.221 e. The van der Waals surface area contributed by atoms with Gasteiger partial charge < -0.3 is 15.8 Å².